The molecule has 1 saturated carbocycles. The second-order valence-corrected chi connectivity index (χ2v) is 4.57. The van der Waals surface area contributed by atoms with Crippen LogP contribution in [0.2, 0.25) is 4.51 Å². The van der Waals surface area contributed by atoms with Gasteiger partial charge in [0.1, 0.15) is 0 Å². The van der Waals surface area contributed by atoms with Crippen molar-refractivity contribution in [2.24, 2.45) is 0 Å². The van der Waals surface area contributed by atoms with Crippen LogP contribution in [-0.2, 0) is 18.3 Å². The molecule has 1 aliphatic rings. The van der Waals surface area contributed by atoms with Crippen molar-refractivity contribution in [3.05, 3.63) is 0 Å². The molecule has 1 fully saturated rings. The fraction of sp³-hybridized carbons (Fsp3) is 1.00. The topological polar surface area (TPSA) is 0 Å². The molecule has 2 heteroatoms. The van der Waals surface area contributed by atoms with Gasteiger partial charge in [-0.05, 0) is 0 Å². The molecule has 0 heterocycles. The van der Waals surface area contributed by atoms with Crippen LogP contribution in [0.1, 0.15) is 25.7 Å². The Morgan fingerprint density at radius 3 is 1.71 bits per heavy atom. The van der Waals surface area contributed by atoms with Crippen LogP contribution in [-0.4, -0.2) is 0 Å². The van der Waals surface area contributed by atoms with Gasteiger partial charge in [-0.1, -0.05) is 0 Å². The Morgan fingerprint density at radius 1 is 1.14 bits per heavy atom. The summed E-state index contributed by atoms with van der Waals surface area (Å²) in [6, 6.07) is 0. The molecule has 1 rings (SSSR count). The maximum absolute atomic E-state index is 1.54. The molecule has 0 aromatic carbocycles. The van der Waals surface area contributed by atoms with E-state index >= 15 is 0 Å². The van der Waals surface area contributed by atoms with E-state index in [1.54, 1.807) is 31.1 Å². The molecule has 1 aliphatic carbocycles. The van der Waals surface area contributed by atoms with E-state index in [1.165, 1.54) is 17.4 Å². The van der Waals surface area contributed by atoms with Crippen LogP contribution in [0.3, 0.4) is 0 Å². The predicted octanol–water partition coefficient (Wildman–Crippen LogP) is 2.32. The van der Waals surface area contributed by atoms with E-state index in [0.29, 0.717) is 0 Å². The van der Waals surface area contributed by atoms with Crippen LogP contribution in [0, 0.1) is 0 Å². The van der Waals surface area contributed by atoms with Gasteiger partial charge in [-0.3, -0.25) is 0 Å². The minimum atomic E-state index is 0. The summed E-state index contributed by atoms with van der Waals surface area (Å²) in [5.74, 6) is 0. The van der Waals surface area contributed by atoms with Crippen LogP contribution < -0.4 is 0 Å². The van der Waals surface area contributed by atoms with E-state index < -0.39 is 0 Å². The predicted molar refractivity (Wildman–Crippen MR) is 29.5 cm³/mol. The zero-order valence-electron chi connectivity index (χ0n) is 4.52. The van der Waals surface area contributed by atoms with Gasteiger partial charge >= 0.3 is 48.5 Å². The molecular formula is C5H10ClZn. The Balaban J connectivity index is 0.000000360. The van der Waals surface area contributed by atoms with Gasteiger partial charge in [-0.15, -0.1) is 12.4 Å². The average molecular weight is 171 g/mol. The van der Waals surface area contributed by atoms with Crippen molar-refractivity contribution < 1.29 is 18.3 Å². The van der Waals surface area contributed by atoms with Crippen molar-refractivity contribution in [2.45, 2.75) is 30.2 Å². The fourth-order valence-electron chi connectivity index (χ4n) is 1.01. The van der Waals surface area contributed by atoms with Crippen molar-refractivity contribution >= 4 is 12.4 Å². The first-order valence-corrected chi connectivity index (χ1v) is 4.44. The van der Waals surface area contributed by atoms with Crippen molar-refractivity contribution in [1.82, 2.24) is 0 Å². The molecule has 0 aromatic rings. The van der Waals surface area contributed by atoms with Crippen molar-refractivity contribution in [2.75, 3.05) is 0 Å². The molecule has 0 aromatic heterocycles. The maximum atomic E-state index is 1.54. The van der Waals surface area contributed by atoms with Gasteiger partial charge < -0.3 is 0 Å². The van der Waals surface area contributed by atoms with Crippen LogP contribution in [0.4, 0.5) is 0 Å². The molecule has 7 heavy (non-hydrogen) atoms. The summed E-state index contributed by atoms with van der Waals surface area (Å²) in [6.45, 7) is 0. The number of hydrogen-bond donors (Lipinski definition) is 0. The van der Waals surface area contributed by atoms with E-state index in [-0.39, 0.29) is 12.4 Å². The van der Waals surface area contributed by atoms with Crippen molar-refractivity contribution in [3.8, 4) is 0 Å². The Labute approximate surface area is 61.1 Å². The van der Waals surface area contributed by atoms with Gasteiger partial charge in [0.25, 0.3) is 0 Å². The summed E-state index contributed by atoms with van der Waals surface area (Å²) in [4.78, 5) is 0. The average Bonchev–Trinajstić information content (AvgIpc) is 1.86. The second kappa shape index (κ2) is 3.86. The first-order chi connectivity index (χ1) is 2.89. The number of halogens is 1. The van der Waals surface area contributed by atoms with E-state index in [4.69, 9.17) is 0 Å². The molecule has 0 nitrogen and oxygen atoms in total. The summed E-state index contributed by atoms with van der Waals surface area (Å²) in [5, 5.41) is 0. The zero-order chi connectivity index (χ0) is 4.41. The second-order valence-electron chi connectivity index (χ2n) is 2.15. The Morgan fingerprint density at radius 2 is 1.57 bits per heavy atom. The van der Waals surface area contributed by atoms with Crippen LogP contribution in [0.25, 0.3) is 0 Å². The third-order valence-corrected chi connectivity index (χ3v) is 3.19. The molecule has 0 atom stereocenters. The van der Waals surface area contributed by atoms with E-state index in [1.807, 2.05) is 0 Å². The molecule has 0 N–H and O–H groups in total. The van der Waals surface area contributed by atoms with E-state index in [9.17, 15) is 0 Å². The molecule has 39 valence electrons. The minimum absolute atomic E-state index is 0. The molecule has 0 amide bonds. The standard InChI is InChI=1S/C5H9.ClH.Zn/c1-2-4-5-3-1;;/h1H,2-5H2;1H;. The molecular weight excluding hydrogens is 161 g/mol. The van der Waals surface area contributed by atoms with Gasteiger partial charge in [0.15, 0.2) is 0 Å². The van der Waals surface area contributed by atoms with Crippen LogP contribution in [0.5, 0.6) is 0 Å². The van der Waals surface area contributed by atoms with Gasteiger partial charge in [-0.25, -0.2) is 0 Å². The summed E-state index contributed by atoms with van der Waals surface area (Å²) >= 11 is 1.54. The first kappa shape index (κ1) is 7.91. The molecule has 0 bridgehead atoms. The zero-order valence-corrected chi connectivity index (χ0v) is 8.30. The van der Waals surface area contributed by atoms with Gasteiger partial charge in [-0.2, -0.15) is 0 Å². The number of rotatable bonds is 0. The van der Waals surface area contributed by atoms with Gasteiger partial charge in [0, 0.05) is 0 Å². The van der Waals surface area contributed by atoms with Gasteiger partial charge in [0.2, 0.25) is 0 Å². The molecule has 0 spiro atoms. The Hall–Kier alpha value is 0.913. The monoisotopic (exact) mass is 169 g/mol. The SMILES string of the molecule is Cl.[Zn][CH]1CCCC1. The van der Waals surface area contributed by atoms with Crippen molar-refractivity contribution in [1.29, 1.82) is 0 Å². The molecule has 0 radical (unpaired) electrons. The fourth-order valence-corrected chi connectivity index (χ4v) is 2.22. The number of hydrogen-bond acceptors (Lipinski definition) is 0. The molecule has 0 saturated heterocycles. The van der Waals surface area contributed by atoms with Gasteiger partial charge in [0.05, 0.1) is 0 Å². The third-order valence-electron chi connectivity index (χ3n) is 1.47. The quantitative estimate of drug-likeness (QED) is 0.490. The summed E-state index contributed by atoms with van der Waals surface area (Å²) in [7, 11) is 0. The molecule has 0 unspecified atom stereocenters. The summed E-state index contributed by atoms with van der Waals surface area (Å²) < 4.78 is 1.17. The Kier molecular flexibility index (Phi) is 4.36. The van der Waals surface area contributed by atoms with Crippen LogP contribution in [0.15, 0.2) is 0 Å². The summed E-state index contributed by atoms with van der Waals surface area (Å²) in [6.07, 6.45) is 6.12. The Bertz CT molecular complexity index is 41.3. The van der Waals surface area contributed by atoms with Crippen LogP contribution >= 0.6 is 12.4 Å². The van der Waals surface area contributed by atoms with E-state index in [0.717, 1.165) is 0 Å². The molecule has 0 aliphatic heterocycles. The van der Waals surface area contributed by atoms with Crippen molar-refractivity contribution in [3.63, 3.8) is 0 Å². The third kappa shape index (κ3) is 2.67. The normalized spacial score (nSPS) is 22.0. The summed E-state index contributed by atoms with van der Waals surface area (Å²) in [5.41, 5.74) is 0. The first-order valence-electron chi connectivity index (χ1n) is 2.72. The van der Waals surface area contributed by atoms with E-state index in [2.05, 4.69) is 0 Å².